The Bertz CT molecular complexity index is 650. The fourth-order valence-electron chi connectivity index (χ4n) is 1.61. The third-order valence-electron chi connectivity index (χ3n) is 2.61. The van der Waals surface area contributed by atoms with E-state index in [1.54, 1.807) is 36.4 Å². The van der Waals surface area contributed by atoms with Crippen molar-refractivity contribution in [3.05, 3.63) is 57.6 Å². The molecule has 96 valence electrons. The summed E-state index contributed by atoms with van der Waals surface area (Å²) in [4.78, 5) is 0. The van der Waals surface area contributed by atoms with Gasteiger partial charge in [-0.3, -0.25) is 0 Å². The maximum absolute atomic E-state index is 9.68. The van der Waals surface area contributed by atoms with E-state index in [0.717, 1.165) is 5.69 Å². The van der Waals surface area contributed by atoms with Gasteiger partial charge in [0.2, 0.25) is 0 Å². The topological polar surface area (TPSA) is 56.0 Å². The van der Waals surface area contributed by atoms with Crippen LogP contribution in [0.4, 0.5) is 5.69 Å². The van der Waals surface area contributed by atoms with Crippen molar-refractivity contribution in [3.8, 4) is 11.8 Å². The molecule has 0 amide bonds. The van der Waals surface area contributed by atoms with E-state index in [1.807, 2.05) is 6.07 Å². The molecule has 0 heterocycles. The standard InChI is InChI=1S/C14H10Cl2N2O/c15-11-2-4-14(19)10(5-11)8-18-12-3-1-9(7-17)13(16)6-12/h1-6,18-19H,8H2. The lowest BCUT2D eigenvalue weighted by Gasteiger charge is -2.09. The molecule has 0 aliphatic rings. The average molecular weight is 293 g/mol. The zero-order valence-electron chi connectivity index (χ0n) is 9.82. The van der Waals surface area contributed by atoms with Crippen molar-refractivity contribution in [2.24, 2.45) is 0 Å². The first-order valence-electron chi connectivity index (χ1n) is 5.51. The lowest BCUT2D eigenvalue weighted by Crippen LogP contribution is -2.00. The van der Waals surface area contributed by atoms with Crippen LogP contribution in [0.15, 0.2) is 36.4 Å². The van der Waals surface area contributed by atoms with Gasteiger partial charge in [-0.15, -0.1) is 0 Å². The highest BCUT2D eigenvalue weighted by molar-refractivity contribution is 6.32. The van der Waals surface area contributed by atoms with Crippen LogP contribution in [-0.4, -0.2) is 5.11 Å². The maximum Gasteiger partial charge on any atom is 0.120 e. The number of phenols is 1. The minimum Gasteiger partial charge on any atom is -0.508 e. The number of halogens is 2. The third kappa shape index (κ3) is 3.31. The van der Waals surface area contributed by atoms with E-state index in [1.165, 1.54) is 0 Å². The van der Waals surface area contributed by atoms with Gasteiger partial charge in [0.1, 0.15) is 11.8 Å². The summed E-state index contributed by atoms with van der Waals surface area (Å²) >= 11 is 11.8. The molecule has 0 aliphatic carbocycles. The van der Waals surface area contributed by atoms with Gasteiger partial charge < -0.3 is 10.4 Å². The minimum atomic E-state index is 0.177. The number of nitrogens with zero attached hydrogens (tertiary/aromatic N) is 1. The number of nitrogens with one attached hydrogen (secondary N) is 1. The molecule has 0 saturated carbocycles. The van der Waals surface area contributed by atoms with Gasteiger partial charge in [-0.05, 0) is 36.4 Å². The molecular formula is C14H10Cl2N2O. The van der Waals surface area contributed by atoms with E-state index in [0.29, 0.717) is 27.7 Å². The molecule has 2 N–H and O–H groups in total. The molecule has 2 aromatic rings. The Hall–Kier alpha value is -1.89. The number of anilines is 1. The highest BCUT2D eigenvalue weighted by atomic mass is 35.5. The number of nitriles is 1. The molecule has 0 aromatic heterocycles. The van der Waals surface area contributed by atoms with Crippen LogP contribution in [0.1, 0.15) is 11.1 Å². The third-order valence-corrected chi connectivity index (χ3v) is 3.16. The van der Waals surface area contributed by atoms with Crippen LogP contribution in [0.2, 0.25) is 10.0 Å². The summed E-state index contributed by atoms with van der Waals surface area (Å²) in [5.74, 6) is 0.177. The molecule has 3 nitrogen and oxygen atoms in total. The van der Waals surface area contributed by atoms with Crippen LogP contribution in [0.3, 0.4) is 0 Å². The number of aromatic hydroxyl groups is 1. The molecule has 0 radical (unpaired) electrons. The number of benzene rings is 2. The first-order valence-corrected chi connectivity index (χ1v) is 6.26. The second-order valence-electron chi connectivity index (χ2n) is 3.93. The van der Waals surface area contributed by atoms with Gasteiger partial charge in [0.15, 0.2) is 0 Å². The van der Waals surface area contributed by atoms with Crippen molar-refractivity contribution < 1.29 is 5.11 Å². The fourth-order valence-corrected chi connectivity index (χ4v) is 2.03. The smallest absolute Gasteiger partial charge is 0.120 e. The predicted octanol–water partition coefficient (Wildman–Crippen LogP) is 4.18. The number of hydrogen-bond donors (Lipinski definition) is 2. The van der Waals surface area contributed by atoms with Crippen LogP contribution in [0.5, 0.6) is 5.75 Å². The highest BCUT2D eigenvalue weighted by Crippen LogP contribution is 2.24. The quantitative estimate of drug-likeness (QED) is 0.892. The molecule has 0 aliphatic heterocycles. The normalized spacial score (nSPS) is 9.95. The van der Waals surface area contributed by atoms with E-state index < -0.39 is 0 Å². The summed E-state index contributed by atoms with van der Waals surface area (Å²) < 4.78 is 0. The Morgan fingerprint density at radius 3 is 2.63 bits per heavy atom. The second-order valence-corrected chi connectivity index (χ2v) is 4.78. The highest BCUT2D eigenvalue weighted by Gasteiger charge is 2.04. The lowest BCUT2D eigenvalue weighted by atomic mass is 10.2. The molecule has 19 heavy (non-hydrogen) atoms. The summed E-state index contributed by atoms with van der Waals surface area (Å²) in [5, 5.41) is 22.5. The van der Waals surface area contributed by atoms with Crippen LogP contribution < -0.4 is 5.32 Å². The van der Waals surface area contributed by atoms with Gasteiger partial charge in [0, 0.05) is 22.8 Å². The molecule has 2 aromatic carbocycles. The zero-order chi connectivity index (χ0) is 13.8. The lowest BCUT2D eigenvalue weighted by molar-refractivity contribution is 0.469. The van der Waals surface area contributed by atoms with Crippen molar-refractivity contribution in [3.63, 3.8) is 0 Å². The summed E-state index contributed by atoms with van der Waals surface area (Å²) in [6, 6.07) is 11.9. The molecule has 0 unspecified atom stereocenters. The first-order chi connectivity index (χ1) is 9.10. The summed E-state index contributed by atoms with van der Waals surface area (Å²) in [6.07, 6.45) is 0. The average Bonchev–Trinajstić information content (AvgIpc) is 2.40. The predicted molar refractivity (Wildman–Crippen MR) is 76.6 cm³/mol. The van der Waals surface area contributed by atoms with Crippen LogP contribution in [0, 0.1) is 11.3 Å². The molecule has 2 rings (SSSR count). The van der Waals surface area contributed by atoms with Gasteiger partial charge in [-0.25, -0.2) is 0 Å². The van der Waals surface area contributed by atoms with Crippen molar-refractivity contribution in [2.45, 2.75) is 6.54 Å². The van der Waals surface area contributed by atoms with Crippen molar-refractivity contribution in [1.29, 1.82) is 5.26 Å². The molecule has 0 saturated heterocycles. The van der Waals surface area contributed by atoms with Crippen LogP contribution in [0.25, 0.3) is 0 Å². The molecule has 0 bridgehead atoms. The van der Waals surface area contributed by atoms with E-state index in [9.17, 15) is 5.11 Å². The van der Waals surface area contributed by atoms with E-state index >= 15 is 0 Å². The van der Waals surface area contributed by atoms with Crippen molar-refractivity contribution in [2.75, 3.05) is 5.32 Å². The van der Waals surface area contributed by atoms with Gasteiger partial charge >= 0.3 is 0 Å². The minimum absolute atomic E-state index is 0.177. The summed E-state index contributed by atoms with van der Waals surface area (Å²) in [6.45, 7) is 0.411. The number of rotatable bonds is 3. The molecule has 5 heteroatoms. The van der Waals surface area contributed by atoms with Gasteiger partial charge in [0.25, 0.3) is 0 Å². The van der Waals surface area contributed by atoms with Gasteiger partial charge in [-0.2, -0.15) is 5.26 Å². The maximum atomic E-state index is 9.68. The first kappa shape index (κ1) is 13.5. The Morgan fingerprint density at radius 2 is 1.95 bits per heavy atom. The van der Waals surface area contributed by atoms with Gasteiger partial charge in [-0.1, -0.05) is 23.2 Å². The Balaban J connectivity index is 2.13. The number of hydrogen-bond acceptors (Lipinski definition) is 3. The molecule has 0 atom stereocenters. The van der Waals surface area contributed by atoms with Crippen LogP contribution >= 0.6 is 23.2 Å². The summed E-state index contributed by atoms with van der Waals surface area (Å²) in [7, 11) is 0. The Morgan fingerprint density at radius 1 is 1.16 bits per heavy atom. The number of phenolic OH excluding ortho intramolecular Hbond substituents is 1. The Labute approximate surface area is 121 Å². The Kier molecular flexibility index (Phi) is 4.16. The van der Waals surface area contributed by atoms with Gasteiger partial charge in [0.05, 0.1) is 10.6 Å². The largest absolute Gasteiger partial charge is 0.508 e. The van der Waals surface area contributed by atoms with E-state index in [2.05, 4.69) is 5.32 Å². The monoisotopic (exact) mass is 292 g/mol. The fraction of sp³-hybridized carbons (Fsp3) is 0.0714. The van der Waals surface area contributed by atoms with Crippen molar-refractivity contribution in [1.82, 2.24) is 0 Å². The molecular weight excluding hydrogens is 283 g/mol. The SMILES string of the molecule is N#Cc1ccc(NCc2cc(Cl)ccc2O)cc1Cl. The molecule has 0 fully saturated rings. The van der Waals surface area contributed by atoms with E-state index in [-0.39, 0.29) is 5.75 Å². The summed E-state index contributed by atoms with van der Waals surface area (Å²) in [5.41, 5.74) is 1.88. The van der Waals surface area contributed by atoms with E-state index in [4.69, 9.17) is 28.5 Å². The van der Waals surface area contributed by atoms with Crippen molar-refractivity contribution >= 4 is 28.9 Å². The zero-order valence-corrected chi connectivity index (χ0v) is 11.3. The molecule has 0 spiro atoms. The second kappa shape index (κ2) is 5.83. The van der Waals surface area contributed by atoms with Crippen LogP contribution in [-0.2, 0) is 6.54 Å².